The van der Waals surface area contributed by atoms with Crippen molar-refractivity contribution in [2.24, 2.45) is 0 Å². The Bertz CT molecular complexity index is 1290. The topological polar surface area (TPSA) is 64.6 Å². The number of halogens is 5. The largest absolute Gasteiger partial charge is 0.467 e. The van der Waals surface area contributed by atoms with Crippen LogP contribution in [0.5, 0.6) is 0 Å². The van der Waals surface area contributed by atoms with Crippen molar-refractivity contribution in [3.05, 3.63) is 90.6 Å². The Morgan fingerprint density at radius 1 is 1.00 bits per heavy atom. The monoisotopic (exact) mass is 555 g/mol. The van der Waals surface area contributed by atoms with Gasteiger partial charge in [0.25, 0.3) is 5.91 Å². The van der Waals surface area contributed by atoms with Crippen LogP contribution in [0.15, 0.2) is 42.5 Å². The van der Waals surface area contributed by atoms with Crippen LogP contribution in [-0.2, 0) is 33.9 Å². The summed E-state index contributed by atoms with van der Waals surface area (Å²) in [5.41, 5.74) is 3.68. The van der Waals surface area contributed by atoms with Crippen molar-refractivity contribution >= 4 is 58.3 Å². The molecule has 0 unspecified atom stereocenters. The number of ether oxygens (including phenoxy) is 2. The summed E-state index contributed by atoms with van der Waals surface area (Å²) in [5.74, 6) is -1.78. The van der Waals surface area contributed by atoms with Crippen LogP contribution in [-0.4, -0.2) is 25.0 Å². The van der Waals surface area contributed by atoms with Gasteiger partial charge in [-0.15, -0.1) is 0 Å². The lowest BCUT2D eigenvalue weighted by Crippen LogP contribution is -2.43. The van der Waals surface area contributed by atoms with Crippen LogP contribution in [0.1, 0.15) is 27.0 Å². The van der Waals surface area contributed by atoms with Crippen LogP contribution < -0.4 is 5.32 Å². The molecule has 0 bridgehead atoms. The minimum Gasteiger partial charge on any atom is -0.467 e. The van der Waals surface area contributed by atoms with E-state index in [0.29, 0.717) is 11.1 Å². The fourth-order valence-electron chi connectivity index (χ4n) is 4.07. The van der Waals surface area contributed by atoms with Gasteiger partial charge in [-0.2, -0.15) is 0 Å². The number of hydrogen-bond donors (Lipinski definition) is 1. The van der Waals surface area contributed by atoms with Gasteiger partial charge < -0.3 is 14.8 Å². The van der Waals surface area contributed by atoms with Crippen LogP contribution in [0.3, 0.4) is 0 Å². The lowest BCUT2D eigenvalue weighted by molar-refractivity contribution is -0.142. The number of methoxy groups -OCH3 is 1. The van der Waals surface area contributed by atoms with E-state index in [4.69, 9.17) is 55.9 Å². The van der Waals surface area contributed by atoms with E-state index in [0.717, 1.165) is 16.7 Å². The first-order valence-corrected chi connectivity index (χ1v) is 11.9. The predicted octanol–water partition coefficient (Wildman–Crippen LogP) is 6.65. The molecular formula is C25H18Cl4FNO4. The Hall–Kier alpha value is -2.35. The van der Waals surface area contributed by atoms with Gasteiger partial charge in [0.1, 0.15) is 11.9 Å². The summed E-state index contributed by atoms with van der Waals surface area (Å²) in [5, 5.41) is 3.33. The maximum atomic E-state index is 13.7. The standard InChI is InChI=1S/C25H18Cl4FNO4/c1-34-25(33)21(31-24(32)23-17(26)3-2-4-18(23)27)7-12-5-6-14(16-11-35-10-15(12)16)22-19(28)8-13(30)9-20(22)29/h2-6,8-9,21H,7,10-11H2,1H3,(H,31,32)/t21-/m0/s1. The SMILES string of the molecule is COC(=O)[C@H](Cc1ccc(-c2c(Cl)cc(F)cc2Cl)c2c1COC2)NC(=O)c1c(Cl)cccc1Cl. The first-order valence-electron chi connectivity index (χ1n) is 10.4. The lowest BCUT2D eigenvalue weighted by atomic mass is 9.91. The van der Waals surface area contributed by atoms with Gasteiger partial charge in [-0.05, 0) is 46.5 Å². The zero-order valence-electron chi connectivity index (χ0n) is 18.3. The molecular weight excluding hydrogens is 539 g/mol. The molecule has 10 heteroatoms. The molecule has 0 spiro atoms. The number of amides is 1. The van der Waals surface area contributed by atoms with Gasteiger partial charge in [0, 0.05) is 12.0 Å². The number of carbonyl (C=O) groups excluding carboxylic acids is 2. The van der Waals surface area contributed by atoms with Crippen molar-refractivity contribution in [2.45, 2.75) is 25.7 Å². The Kier molecular flexibility index (Phi) is 7.89. The Morgan fingerprint density at radius 2 is 1.63 bits per heavy atom. The van der Waals surface area contributed by atoms with Crippen molar-refractivity contribution in [1.29, 1.82) is 0 Å². The molecule has 0 aliphatic carbocycles. The molecule has 1 heterocycles. The number of fused-ring (bicyclic) bond motifs is 1. The highest BCUT2D eigenvalue weighted by Gasteiger charge is 2.29. The van der Waals surface area contributed by atoms with Crippen LogP contribution in [0.2, 0.25) is 20.1 Å². The fraction of sp³-hybridized carbons (Fsp3) is 0.200. The first-order chi connectivity index (χ1) is 16.7. The van der Waals surface area contributed by atoms with Gasteiger partial charge in [-0.1, -0.05) is 64.6 Å². The van der Waals surface area contributed by atoms with Gasteiger partial charge in [0.2, 0.25) is 0 Å². The minimum absolute atomic E-state index is 0.0641. The van der Waals surface area contributed by atoms with Gasteiger partial charge in [-0.25, -0.2) is 9.18 Å². The molecule has 0 aromatic heterocycles. The summed E-state index contributed by atoms with van der Waals surface area (Å²) >= 11 is 24.9. The number of rotatable bonds is 6. The van der Waals surface area contributed by atoms with Crippen LogP contribution in [0, 0.1) is 5.82 Å². The minimum atomic E-state index is -1.02. The van der Waals surface area contributed by atoms with Crippen LogP contribution >= 0.6 is 46.4 Å². The van der Waals surface area contributed by atoms with E-state index < -0.39 is 23.7 Å². The summed E-state index contributed by atoms with van der Waals surface area (Å²) < 4.78 is 24.3. The third-order valence-electron chi connectivity index (χ3n) is 5.70. The molecule has 4 rings (SSSR count). The van der Waals surface area contributed by atoms with E-state index in [9.17, 15) is 14.0 Å². The molecule has 0 saturated heterocycles. The van der Waals surface area contributed by atoms with Gasteiger partial charge in [0.15, 0.2) is 0 Å². The molecule has 1 aliphatic rings. The number of benzene rings is 3. The van der Waals surface area contributed by atoms with Crippen molar-refractivity contribution in [3.8, 4) is 11.1 Å². The second kappa shape index (κ2) is 10.7. The predicted molar refractivity (Wildman–Crippen MR) is 134 cm³/mol. The zero-order valence-corrected chi connectivity index (χ0v) is 21.3. The molecule has 0 fully saturated rings. The summed E-state index contributed by atoms with van der Waals surface area (Å²) in [7, 11) is 1.24. The fourth-order valence-corrected chi connectivity index (χ4v) is 5.30. The Morgan fingerprint density at radius 3 is 2.26 bits per heavy atom. The summed E-state index contributed by atoms with van der Waals surface area (Å²) in [6.45, 7) is 0.570. The highest BCUT2D eigenvalue weighted by molar-refractivity contribution is 6.40. The number of esters is 1. The summed E-state index contributed by atoms with van der Waals surface area (Å²) in [6, 6.07) is 9.63. The summed E-state index contributed by atoms with van der Waals surface area (Å²) in [4.78, 5) is 25.5. The molecule has 3 aromatic carbocycles. The molecule has 35 heavy (non-hydrogen) atoms. The van der Waals surface area contributed by atoms with Gasteiger partial charge >= 0.3 is 5.97 Å². The van der Waals surface area contributed by atoms with E-state index in [1.807, 2.05) is 0 Å². The Labute approximate surface area is 221 Å². The van der Waals surface area contributed by atoms with E-state index in [2.05, 4.69) is 5.32 Å². The maximum absolute atomic E-state index is 13.7. The normalized spacial score (nSPS) is 13.3. The van der Waals surface area contributed by atoms with Crippen molar-refractivity contribution in [2.75, 3.05) is 7.11 Å². The molecule has 182 valence electrons. The molecule has 1 aliphatic heterocycles. The molecule has 0 saturated carbocycles. The van der Waals surface area contributed by atoms with Crippen LogP contribution in [0.25, 0.3) is 11.1 Å². The molecule has 0 radical (unpaired) electrons. The van der Waals surface area contributed by atoms with Crippen molar-refractivity contribution in [3.63, 3.8) is 0 Å². The number of nitrogens with one attached hydrogen (secondary N) is 1. The van der Waals surface area contributed by atoms with Crippen molar-refractivity contribution < 1.29 is 23.5 Å². The molecule has 1 N–H and O–H groups in total. The first kappa shape index (κ1) is 25.7. The highest BCUT2D eigenvalue weighted by atomic mass is 35.5. The maximum Gasteiger partial charge on any atom is 0.328 e. The molecule has 1 atom stereocenters. The van der Waals surface area contributed by atoms with E-state index in [1.54, 1.807) is 18.2 Å². The average Bonchev–Trinajstić information content (AvgIpc) is 3.29. The third kappa shape index (κ3) is 5.27. The zero-order chi connectivity index (χ0) is 25.3. The smallest absolute Gasteiger partial charge is 0.328 e. The molecule has 1 amide bonds. The van der Waals surface area contributed by atoms with E-state index >= 15 is 0 Å². The van der Waals surface area contributed by atoms with E-state index in [1.165, 1.54) is 31.4 Å². The quantitative estimate of drug-likeness (QED) is 0.345. The Balaban J connectivity index is 1.68. The highest BCUT2D eigenvalue weighted by Crippen LogP contribution is 2.41. The second-order valence-corrected chi connectivity index (χ2v) is 9.45. The number of carbonyl (C=O) groups is 2. The average molecular weight is 557 g/mol. The summed E-state index contributed by atoms with van der Waals surface area (Å²) in [6.07, 6.45) is 0.122. The molecule has 5 nitrogen and oxygen atoms in total. The van der Waals surface area contributed by atoms with Crippen molar-refractivity contribution in [1.82, 2.24) is 5.32 Å². The van der Waals surface area contributed by atoms with Gasteiger partial charge in [-0.3, -0.25) is 4.79 Å². The van der Waals surface area contributed by atoms with Crippen LogP contribution in [0.4, 0.5) is 4.39 Å². The van der Waals surface area contributed by atoms with E-state index in [-0.39, 0.29) is 45.3 Å². The molecule has 3 aromatic rings. The van der Waals surface area contributed by atoms with Gasteiger partial charge in [0.05, 0.1) is 46.0 Å². The third-order valence-corrected chi connectivity index (χ3v) is 6.93. The lowest BCUT2D eigenvalue weighted by Gasteiger charge is -2.20. The number of hydrogen-bond acceptors (Lipinski definition) is 4. The second-order valence-electron chi connectivity index (χ2n) is 7.82.